The van der Waals surface area contributed by atoms with E-state index in [-0.39, 0.29) is 0 Å². The van der Waals surface area contributed by atoms with Crippen molar-refractivity contribution < 1.29 is 4.79 Å². The Morgan fingerprint density at radius 3 is 2.88 bits per heavy atom. The number of aryl methyl sites for hydroxylation is 1. The average molecular weight is 279 g/mol. The van der Waals surface area contributed by atoms with Crippen molar-refractivity contribution in [3.63, 3.8) is 0 Å². The fourth-order valence-electron chi connectivity index (χ4n) is 1.58. The molecular weight excluding hydrogens is 268 g/mol. The van der Waals surface area contributed by atoms with E-state index in [1.54, 1.807) is 4.68 Å². The highest BCUT2D eigenvalue weighted by molar-refractivity contribution is 9.10. The topological polar surface area (TPSA) is 34.9 Å². The van der Waals surface area contributed by atoms with Gasteiger partial charge >= 0.3 is 0 Å². The lowest BCUT2D eigenvalue weighted by Gasteiger charge is -2.05. The minimum absolute atomic E-state index is 0.469. The smallest absolute Gasteiger partial charge is 0.170 e. The molecule has 3 nitrogen and oxygen atoms in total. The van der Waals surface area contributed by atoms with Crippen molar-refractivity contribution in [2.75, 3.05) is 0 Å². The van der Waals surface area contributed by atoms with E-state index < -0.39 is 0 Å². The van der Waals surface area contributed by atoms with Crippen LogP contribution < -0.4 is 0 Å². The van der Waals surface area contributed by atoms with Crippen LogP contribution in [-0.2, 0) is 6.42 Å². The first-order chi connectivity index (χ1) is 7.74. The summed E-state index contributed by atoms with van der Waals surface area (Å²) in [5.41, 5.74) is 2.45. The number of rotatable bonds is 3. The van der Waals surface area contributed by atoms with Crippen molar-refractivity contribution in [3.8, 4) is 5.69 Å². The standard InChI is InChI=1S/C12H11BrN2O/c1-2-11-7-10(8-16)14-15(11)12-5-3-4-9(13)6-12/h3-8H,2H2,1H3. The zero-order valence-corrected chi connectivity index (χ0v) is 10.4. The van der Waals surface area contributed by atoms with Crippen molar-refractivity contribution >= 4 is 22.2 Å². The van der Waals surface area contributed by atoms with Crippen LogP contribution in [0.5, 0.6) is 0 Å². The maximum absolute atomic E-state index is 10.7. The molecule has 0 bridgehead atoms. The molecule has 0 aliphatic rings. The molecule has 0 fully saturated rings. The van der Waals surface area contributed by atoms with Crippen LogP contribution in [0, 0.1) is 0 Å². The Bertz CT molecular complexity index is 519. The van der Waals surface area contributed by atoms with E-state index in [4.69, 9.17) is 0 Å². The van der Waals surface area contributed by atoms with Crippen LogP contribution in [0.3, 0.4) is 0 Å². The van der Waals surface area contributed by atoms with E-state index in [1.165, 1.54) is 0 Å². The molecule has 16 heavy (non-hydrogen) atoms. The number of hydrogen-bond acceptors (Lipinski definition) is 2. The third kappa shape index (κ3) is 2.07. The molecule has 0 amide bonds. The van der Waals surface area contributed by atoms with Gasteiger partial charge in [-0.25, -0.2) is 4.68 Å². The number of aromatic nitrogens is 2. The second kappa shape index (κ2) is 4.61. The van der Waals surface area contributed by atoms with Crippen molar-refractivity contribution in [1.29, 1.82) is 0 Å². The minimum Gasteiger partial charge on any atom is -0.296 e. The van der Waals surface area contributed by atoms with Crippen LogP contribution in [0.4, 0.5) is 0 Å². The van der Waals surface area contributed by atoms with E-state index in [9.17, 15) is 4.79 Å². The van der Waals surface area contributed by atoms with E-state index in [2.05, 4.69) is 21.0 Å². The molecule has 0 unspecified atom stereocenters. The molecule has 1 heterocycles. The lowest BCUT2D eigenvalue weighted by molar-refractivity contribution is 0.111. The van der Waals surface area contributed by atoms with Crippen molar-refractivity contribution in [2.24, 2.45) is 0 Å². The molecule has 1 aromatic heterocycles. The molecule has 0 saturated heterocycles. The first-order valence-electron chi connectivity index (χ1n) is 5.04. The van der Waals surface area contributed by atoms with Gasteiger partial charge in [-0.05, 0) is 30.7 Å². The van der Waals surface area contributed by atoms with Gasteiger partial charge in [-0.15, -0.1) is 0 Å². The molecule has 0 radical (unpaired) electrons. The zero-order valence-electron chi connectivity index (χ0n) is 8.85. The number of halogens is 1. The fraction of sp³-hybridized carbons (Fsp3) is 0.167. The first-order valence-corrected chi connectivity index (χ1v) is 5.84. The Morgan fingerprint density at radius 2 is 2.25 bits per heavy atom. The summed E-state index contributed by atoms with van der Waals surface area (Å²) in [6.45, 7) is 2.04. The number of aldehydes is 1. The predicted octanol–water partition coefficient (Wildman–Crippen LogP) is 3.01. The Balaban J connectivity index is 2.54. The summed E-state index contributed by atoms with van der Waals surface area (Å²) in [6.07, 6.45) is 1.61. The summed E-state index contributed by atoms with van der Waals surface area (Å²) in [5, 5.41) is 4.24. The molecule has 0 atom stereocenters. The quantitative estimate of drug-likeness (QED) is 0.809. The van der Waals surface area contributed by atoms with Crippen LogP contribution in [-0.4, -0.2) is 16.1 Å². The highest BCUT2D eigenvalue weighted by atomic mass is 79.9. The molecular formula is C12H11BrN2O. The molecule has 0 saturated carbocycles. The van der Waals surface area contributed by atoms with Crippen molar-refractivity contribution in [1.82, 2.24) is 9.78 Å². The highest BCUT2D eigenvalue weighted by Gasteiger charge is 2.07. The summed E-state index contributed by atoms with van der Waals surface area (Å²) >= 11 is 3.42. The first kappa shape index (κ1) is 11.1. The molecule has 2 aromatic rings. The van der Waals surface area contributed by atoms with Gasteiger partial charge in [0.15, 0.2) is 6.29 Å². The van der Waals surface area contributed by atoms with Crippen LogP contribution in [0.1, 0.15) is 23.1 Å². The average Bonchev–Trinajstić information content (AvgIpc) is 2.72. The molecule has 0 aliphatic heterocycles. The summed E-state index contributed by atoms with van der Waals surface area (Å²) in [5.74, 6) is 0. The highest BCUT2D eigenvalue weighted by Crippen LogP contribution is 2.17. The normalized spacial score (nSPS) is 10.4. The molecule has 0 N–H and O–H groups in total. The van der Waals surface area contributed by atoms with Crippen LogP contribution in [0.25, 0.3) is 5.69 Å². The molecule has 82 valence electrons. The lowest BCUT2D eigenvalue weighted by Crippen LogP contribution is -2.01. The van der Waals surface area contributed by atoms with E-state index in [1.807, 2.05) is 37.3 Å². The third-order valence-corrected chi connectivity index (χ3v) is 2.83. The summed E-state index contributed by atoms with van der Waals surface area (Å²) in [4.78, 5) is 10.7. The van der Waals surface area contributed by atoms with Crippen molar-refractivity contribution in [2.45, 2.75) is 13.3 Å². The molecule has 1 aromatic carbocycles. The zero-order chi connectivity index (χ0) is 11.5. The minimum atomic E-state index is 0.469. The molecule has 2 rings (SSSR count). The summed E-state index contributed by atoms with van der Waals surface area (Å²) in [7, 11) is 0. The second-order valence-corrected chi connectivity index (χ2v) is 4.34. The van der Waals surface area contributed by atoms with Gasteiger partial charge in [0, 0.05) is 10.2 Å². The van der Waals surface area contributed by atoms with Gasteiger partial charge in [0.1, 0.15) is 5.69 Å². The van der Waals surface area contributed by atoms with Crippen LogP contribution >= 0.6 is 15.9 Å². The predicted molar refractivity (Wildman–Crippen MR) is 66.0 cm³/mol. The van der Waals surface area contributed by atoms with Gasteiger partial charge in [0.2, 0.25) is 0 Å². The Kier molecular flexibility index (Phi) is 3.19. The molecule has 4 heteroatoms. The van der Waals surface area contributed by atoms with Crippen LogP contribution in [0.2, 0.25) is 0 Å². The van der Waals surface area contributed by atoms with Gasteiger partial charge in [0.25, 0.3) is 0 Å². The maximum Gasteiger partial charge on any atom is 0.170 e. The van der Waals surface area contributed by atoms with E-state index in [0.717, 1.165) is 28.6 Å². The maximum atomic E-state index is 10.7. The molecule has 0 aliphatic carbocycles. The lowest BCUT2D eigenvalue weighted by atomic mass is 10.3. The van der Waals surface area contributed by atoms with Gasteiger partial charge < -0.3 is 0 Å². The molecule has 0 spiro atoms. The van der Waals surface area contributed by atoms with Gasteiger partial charge in [-0.3, -0.25) is 4.79 Å². The third-order valence-electron chi connectivity index (χ3n) is 2.34. The number of carbonyl (C=O) groups excluding carboxylic acids is 1. The number of carbonyl (C=O) groups is 1. The Labute approximate surface area is 102 Å². The Hall–Kier alpha value is -1.42. The summed E-state index contributed by atoms with van der Waals surface area (Å²) < 4.78 is 2.80. The largest absolute Gasteiger partial charge is 0.296 e. The van der Waals surface area contributed by atoms with Crippen molar-refractivity contribution in [3.05, 3.63) is 46.2 Å². The monoisotopic (exact) mass is 278 g/mol. The number of hydrogen-bond donors (Lipinski definition) is 0. The SMILES string of the molecule is CCc1cc(C=O)nn1-c1cccc(Br)c1. The summed E-state index contributed by atoms with van der Waals surface area (Å²) in [6, 6.07) is 9.65. The fourth-order valence-corrected chi connectivity index (χ4v) is 1.97. The number of nitrogens with zero attached hydrogens (tertiary/aromatic N) is 2. The van der Waals surface area contributed by atoms with Gasteiger partial charge in [-0.1, -0.05) is 28.9 Å². The van der Waals surface area contributed by atoms with Crippen LogP contribution in [0.15, 0.2) is 34.8 Å². The number of benzene rings is 1. The van der Waals surface area contributed by atoms with Gasteiger partial charge in [-0.2, -0.15) is 5.10 Å². The van der Waals surface area contributed by atoms with Gasteiger partial charge in [0.05, 0.1) is 5.69 Å². The van der Waals surface area contributed by atoms with E-state index in [0.29, 0.717) is 5.69 Å². The van der Waals surface area contributed by atoms with E-state index >= 15 is 0 Å². The second-order valence-electron chi connectivity index (χ2n) is 3.42. The Morgan fingerprint density at radius 1 is 1.44 bits per heavy atom.